The van der Waals surface area contributed by atoms with E-state index in [0.29, 0.717) is 5.02 Å². The van der Waals surface area contributed by atoms with Crippen LogP contribution in [0.15, 0.2) is 47.8 Å². The van der Waals surface area contributed by atoms with Crippen LogP contribution >= 0.6 is 22.9 Å². The Kier molecular flexibility index (Phi) is 5.59. The van der Waals surface area contributed by atoms with Crippen LogP contribution in [-0.2, 0) is 4.79 Å². The molecule has 1 amide bonds. The molecular weight excluding hydrogens is 392 g/mol. The number of aryl methyl sites for hydroxylation is 1. The lowest BCUT2D eigenvalue weighted by Gasteiger charge is -2.32. The third-order valence-electron chi connectivity index (χ3n) is 5.06. The maximum atomic E-state index is 12.6. The van der Waals surface area contributed by atoms with E-state index in [1.54, 1.807) is 17.4 Å². The van der Waals surface area contributed by atoms with Crippen LogP contribution in [0, 0.1) is 12.8 Å². The summed E-state index contributed by atoms with van der Waals surface area (Å²) in [6, 6.07) is 13.6. The number of carbonyl (C=O) groups excluding carboxylic acids is 1. The molecule has 7 heteroatoms. The lowest BCUT2D eigenvalue weighted by Crippen LogP contribution is -2.38. The second kappa shape index (κ2) is 8.29. The molecule has 0 unspecified atom stereocenters. The number of thiophene rings is 1. The Bertz CT molecular complexity index is 951. The highest BCUT2D eigenvalue weighted by atomic mass is 35.5. The molecule has 3 heterocycles. The highest BCUT2D eigenvalue weighted by Gasteiger charge is 2.26. The number of rotatable bonds is 4. The van der Waals surface area contributed by atoms with Crippen LogP contribution in [0.4, 0.5) is 11.5 Å². The van der Waals surface area contributed by atoms with Gasteiger partial charge in [-0.1, -0.05) is 17.7 Å². The molecule has 3 aromatic rings. The first-order chi connectivity index (χ1) is 13.6. The average Bonchev–Trinajstić information content (AvgIpc) is 3.25. The van der Waals surface area contributed by atoms with Crippen molar-refractivity contribution in [2.24, 2.45) is 5.92 Å². The van der Waals surface area contributed by atoms with E-state index < -0.39 is 0 Å². The minimum Gasteiger partial charge on any atom is -0.355 e. The Balaban J connectivity index is 1.34. The van der Waals surface area contributed by atoms with Crippen molar-refractivity contribution in [3.63, 3.8) is 0 Å². The van der Waals surface area contributed by atoms with Crippen LogP contribution in [-0.4, -0.2) is 29.2 Å². The molecule has 144 valence electrons. The molecule has 1 aromatic carbocycles. The van der Waals surface area contributed by atoms with Crippen molar-refractivity contribution < 1.29 is 4.79 Å². The smallest absolute Gasteiger partial charge is 0.227 e. The van der Waals surface area contributed by atoms with E-state index >= 15 is 0 Å². The van der Waals surface area contributed by atoms with Gasteiger partial charge in [-0.25, -0.2) is 0 Å². The first-order valence-electron chi connectivity index (χ1n) is 9.30. The number of benzene rings is 1. The molecule has 1 saturated heterocycles. The van der Waals surface area contributed by atoms with E-state index in [-0.39, 0.29) is 11.8 Å². The lowest BCUT2D eigenvalue weighted by molar-refractivity contribution is -0.120. The van der Waals surface area contributed by atoms with Gasteiger partial charge in [0.2, 0.25) is 5.91 Å². The predicted molar refractivity (Wildman–Crippen MR) is 115 cm³/mol. The van der Waals surface area contributed by atoms with Gasteiger partial charge in [-0.15, -0.1) is 21.5 Å². The standard InChI is InChI=1S/C21H21ClN4OS/c1-14-13-16(22)4-5-17(14)23-21(27)15-8-10-26(11-9-15)20-7-6-18(24-25-20)19-3-2-12-28-19/h2-7,12-13,15H,8-11H2,1H3,(H,23,27). The van der Waals surface area contributed by atoms with Crippen molar-refractivity contribution in [2.45, 2.75) is 19.8 Å². The third kappa shape index (κ3) is 4.18. The molecule has 2 aromatic heterocycles. The number of nitrogens with zero attached hydrogens (tertiary/aromatic N) is 3. The maximum absolute atomic E-state index is 12.6. The minimum absolute atomic E-state index is 0.00433. The van der Waals surface area contributed by atoms with Crippen LogP contribution in [0.1, 0.15) is 18.4 Å². The zero-order chi connectivity index (χ0) is 19.5. The Morgan fingerprint density at radius 2 is 2.00 bits per heavy atom. The van der Waals surface area contributed by atoms with Crippen molar-refractivity contribution in [3.05, 3.63) is 58.4 Å². The molecule has 0 radical (unpaired) electrons. The summed E-state index contributed by atoms with van der Waals surface area (Å²) >= 11 is 7.64. The first kappa shape index (κ1) is 18.9. The van der Waals surface area contributed by atoms with Crippen molar-refractivity contribution in [2.75, 3.05) is 23.3 Å². The summed E-state index contributed by atoms with van der Waals surface area (Å²) in [5.74, 6) is 0.946. The Morgan fingerprint density at radius 1 is 1.18 bits per heavy atom. The van der Waals surface area contributed by atoms with Crippen molar-refractivity contribution in [3.8, 4) is 10.6 Å². The molecule has 28 heavy (non-hydrogen) atoms. The largest absolute Gasteiger partial charge is 0.355 e. The predicted octanol–water partition coefficient (Wildman–Crippen LogP) is 5.02. The fourth-order valence-corrected chi connectivity index (χ4v) is 4.34. The highest BCUT2D eigenvalue weighted by molar-refractivity contribution is 7.13. The highest BCUT2D eigenvalue weighted by Crippen LogP contribution is 2.27. The first-order valence-corrected chi connectivity index (χ1v) is 10.6. The molecule has 0 spiro atoms. The molecule has 0 saturated carbocycles. The minimum atomic E-state index is 0.00433. The molecule has 4 rings (SSSR count). The van der Waals surface area contributed by atoms with E-state index in [2.05, 4.69) is 20.4 Å². The molecule has 0 atom stereocenters. The molecule has 5 nitrogen and oxygen atoms in total. The van der Waals surface area contributed by atoms with Gasteiger partial charge in [0.1, 0.15) is 5.69 Å². The number of aromatic nitrogens is 2. The zero-order valence-electron chi connectivity index (χ0n) is 15.6. The van der Waals surface area contributed by atoms with Gasteiger partial charge < -0.3 is 10.2 Å². The number of piperidine rings is 1. The number of anilines is 2. The Hall–Kier alpha value is -2.44. The number of halogens is 1. The van der Waals surface area contributed by atoms with Crippen LogP contribution in [0.5, 0.6) is 0 Å². The fraction of sp³-hybridized carbons (Fsp3) is 0.286. The summed E-state index contributed by atoms with van der Waals surface area (Å²) in [4.78, 5) is 15.9. The monoisotopic (exact) mass is 412 g/mol. The number of amides is 1. The second-order valence-corrected chi connectivity index (χ2v) is 8.35. The Morgan fingerprint density at radius 3 is 2.64 bits per heavy atom. The van der Waals surface area contributed by atoms with Crippen LogP contribution in [0.3, 0.4) is 0 Å². The quantitative estimate of drug-likeness (QED) is 0.653. The van der Waals surface area contributed by atoms with Gasteiger partial charge in [-0.3, -0.25) is 4.79 Å². The molecule has 1 fully saturated rings. The second-order valence-electron chi connectivity index (χ2n) is 6.96. The molecule has 0 bridgehead atoms. The summed E-state index contributed by atoms with van der Waals surface area (Å²) < 4.78 is 0. The van der Waals surface area contributed by atoms with Gasteiger partial charge in [0.25, 0.3) is 0 Å². The summed E-state index contributed by atoms with van der Waals surface area (Å²) in [6.45, 7) is 3.54. The van der Waals surface area contributed by atoms with Gasteiger partial charge in [-0.2, -0.15) is 0 Å². The molecule has 1 aliphatic heterocycles. The van der Waals surface area contributed by atoms with E-state index in [1.165, 1.54) is 0 Å². The number of hydrogen-bond acceptors (Lipinski definition) is 5. The van der Waals surface area contributed by atoms with Crippen molar-refractivity contribution in [1.82, 2.24) is 10.2 Å². The SMILES string of the molecule is Cc1cc(Cl)ccc1NC(=O)C1CCN(c2ccc(-c3cccs3)nn2)CC1. The summed E-state index contributed by atoms with van der Waals surface area (Å²) in [7, 11) is 0. The summed E-state index contributed by atoms with van der Waals surface area (Å²) in [5, 5.41) is 14.5. The van der Waals surface area contributed by atoms with Crippen LogP contribution < -0.4 is 10.2 Å². The van der Waals surface area contributed by atoms with E-state index in [0.717, 1.165) is 53.6 Å². The zero-order valence-corrected chi connectivity index (χ0v) is 17.1. The normalized spacial score (nSPS) is 14.9. The molecular formula is C21H21ClN4OS. The Labute approximate surface area is 173 Å². The van der Waals surface area contributed by atoms with E-state index in [9.17, 15) is 4.79 Å². The molecule has 1 N–H and O–H groups in total. The van der Waals surface area contributed by atoms with Gasteiger partial charge in [0.15, 0.2) is 5.82 Å². The van der Waals surface area contributed by atoms with E-state index in [4.69, 9.17) is 11.6 Å². The third-order valence-corrected chi connectivity index (χ3v) is 6.19. The van der Waals surface area contributed by atoms with Gasteiger partial charge >= 0.3 is 0 Å². The number of hydrogen-bond donors (Lipinski definition) is 1. The number of nitrogens with one attached hydrogen (secondary N) is 1. The topological polar surface area (TPSA) is 58.1 Å². The summed E-state index contributed by atoms with van der Waals surface area (Å²) in [5.41, 5.74) is 2.69. The van der Waals surface area contributed by atoms with Gasteiger partial charge in [0.05, 0.1) is 4.88 Å². The van der Waals surface area contributed by atoms with Crippen molar-refractivity contribution >= 4 is 40.4 Å². The fourth-order valence-electron chi connectivity index (χ4n) is 3.42. The van der Waals surface area contributed by atoms with Gasteiger partial charge in [0, 0.05) is 29.7 Å². The van der Waals surface area contributed by atoms with Crippen LogP contribution in [0.2, 0.25) is 5.02 Å². The average molecular weight is 413 g/mol. The summed E-state index contributed by atoms with van der Waals surface area (Å²) in [6.07, 6.45) is 1.60. The molecule has 0 aliphatic carbocycles. The lowest BCUT2D eigenvalue weighted by atomic mass is 9.95. The van der Waals surface area contributed by atoms with Gasteiger partial charge in [-0.05, 0) is 67.1 Å². The number of carbonyl (C=O) groups is 1. The molecule has 1 aliphatic rings. The van der Waals surface area contributed by atoms with Crippen LogP contribution in [0.25, 0.3) is 10.6 Å². The van der Waals surface area contributed by atoms with Crippen molar-refractivity contribution in [1.29, 1.82) is 0 Å². The van der Waals surface area contributed by atoms with E-state index in [1.807, 2.05) is 48.7 Å². The maximum Gasteiger partial charge on any atom is 0.227 e.